The van der Waals surface area contributed by atoms with Crippen LogP contribution in [0.25, 0.3) is 0 Å². The van der Waals surface area contributed by atoms with Gasteiger partial charge in [0.15, 0.2) is 0 Å². The summed E-state index contributed by atoms with van der Waals surface area (Å²) in [6.45, 7) is 3.80. The lowest BCUT2D eigenvalue weighted by molar-refractivity contribution is 0.388. The van der Waals surface area contributed by atoms with Gasteiger partial charge in [0, 0.05) is 5.19 Å². The van der Waals surface area contributed by atoms with E-state index in [1.165, 1.54) is 5.57 Å². The van der Waals surface area contributed by atoms with Crippen molar-refractivity contribution >= 4 is 28.8 Å². The van der Waals surface area contributed by atoms with E-state index < -0.39 is 8.56 Å². The van der Waals surface area contributed by atoms with Crippen LogP contribution in [0.3, 0.4) is 0 Å². The predicted molar refractivity (Wildman–Crippen MR) is 110 cm³/mol. The van der Waals surface area contributed by atoms with E-state index in [4.69, 9.17) is 4.43 Å². The molecule has 0 amide bonds. The van der Waals surface area contributed by atoms with Gasteiger partial charge in [0.05, 0.1) is 5.54 Å². The van der Waals surface area contributed by atoms with Crippen LogP contribution in [0.5, 0.6) is 5.75 Å². The standard InChI is InChI=1S/C21H22O2Si2/c1-2-9-17-14-15-21(20(24)16-17)25(22,19-12-7-4-8-13-19)23-18-10-5-3-6-11-18/h2-8,10-16,21-22H,1,9,24H2. The number of benzene rings is 2. The SMILES string of the molecule is C=CCC1=CC(=[SiH2])C([Si](O)(Oc2ccccc2)c2ccccc2)C=C1. The second kappa shape index (κ2) is 7.74. The molecule has 0 fully saturated rings. The molecule has 2 nitrogen and oxygen atoms in total. The Hall–Kier alpha value is -2.28. The van der Waals surface area contributed by atoms with Crippen LogP contribution in [0.15, 0.2) is 97.1 Å². The molecule has 25 heavy (non-hydrogen) atoms. The third-order valence-electron chi connectivity index (χ3n) is 4.28. The molecule has 4 heteroatoms. The maximum absolute atomic E-state index is 11.7. The summed E-state index contributed by atoms with van der Waals surface area (Å²) in [4.78, 5) is 11.7. The Kier molecular flexibility index (Phi) is 5.43. The van der Waals surface area contributed by atoms with E-state index in [0.29, 0.717) is 5.75 Å². The fourth-order valence-corrected chi connectivity index (χ4v) is 6.98. The summed E-state index contributed by atoms with van der Waals surface area (Å²) in [7, 11) is -1.44. The van der Waals surface area contributed by atoms with E-state index in [0.717, 1.165) is 16.8 Å². The molecule has 0 aromatic heterocycles. The first kappa shape index (κ1) is 17.5. The Morgan fingerprint density at radius 2 is 1.72 bits per heavy atom. The summed E-state index contributed by atoms with van der Waals surface area (Å²) in [5, 5.41) is 2.02. The van der Waals surface area contributed by atoms with E-state index in [2.05, 4.69) is 24.8 Å². The zero-order valence-corrected chi connectivity index (χ0v) is 16.6. The molecule has 3 rings (SSSR count). The first-order valence-corrected chi connectivity index (χ1v) is 11.0. The Morgan fingerprint density at radius 3 is 2.32 bits per heavy atom. The van der Waals surface area contributed by atoms with Crippen molar-refractivity contribution in [2.75, 3.05) is 0 Å². The molecule has 0 saturated carbocycles. The van der Waals surface area contributed by atoms with Crippen LogP contribution < -0.4 is 9.61 Å². The molecular weight excluding hydrogens is 340 g/mol. The third kappa shape index (κ3) is 3.87. The van der Waals surface area contributed by atoms with E-state index in [1.807, 2.05) is 76.6 Å². The Morgan fingerprint density at radius 1 is 1.08 bits per heavy atom. The molecule has 0 radical (unpaired) electrons. The van der Waals surface area contributed by atoms with Crippen LogP contribution in [0.2, 0.25) is 5.54 Å². The van der Waals surface area contributed by atoms with Gasteiger partial charge in [0.1, 0.15) is 5.75 Å². The lowest BCUT2D eigenvalue weighted by Gasteiger charge is -2.34. The minimum absolute atomic E-state index is 0.123. The average molecular weight is 363 g/mol. The van der Waals surface area contributed by atoms with Crippen molar-refractivity contribution in [3.8, 4) is 5.75 Å². The monoisotopic (exact) mass is 362 g/mol. The molecule has 2 aromatic rings. The van der Waals surface area contributed by atoms with Gasteiger partial charge in [-0.05, 0) is 34.0 Å². The zero-order chi connectivity index (χ0) is 17.7. The molecule has 2 unspecified atom stereocenters. The third-order valence-corrected chi connectivity index (χ3v) is 8.44. The zero-order valence-electron chi connectivity index (χ0n) is 14.1. The maximum Gasteiger partial charge on any atom is 0.442 e. The molecule has 0 spiro atoms. The van der Waals surface area contributed by atoms with Crippen molar-refractivity contribution < 1.29 is 9.22 Å². The molecule has 0 saturated heterocycles. The summed E-state index contributed by atoms with van der Waals surface area (Å²) in [6, 6.07) is 19.4. The van der Waals surface area contributed by atoms with Gasteiger partial charge in [-0.15, -0.1) is 6.58 Å². The first-order chi connectivity index (χ1) is 12.1. The Bertz CT molecular complexity index is 812. The maximum atomic E-state index is 11.7. The molecule has 1 aliphatic rings. The van der Waals surface area contributed by atoms with Gasteiger partial charge < -0.3 is 9.22 Å². The van der Waals surface area contributed by atoms with Crippen molar-refractivity contribution in [3.63, 3.8) is 0 Å². The highest BCUT2D eigenvalue weighted by Gasteiger charge is 2.47. The van der Waals surface area contributed by atoms with Crippen LogP contribution >= 0.6 is 0 Å². The van der Waals surface area contributed by atoms with E-state index in [9.17, 15) is 4.80 Å². The Labute approximate surface area is 153 Å². The van der Waals surface area contributed by atoms with Crippen LogP contribution in [-0.4, -0.2) is 28.4 Å². The van der Waals surface area contributed by atoms with Crippen molar-refractivity contribution in [3.05, 3.63) is 97.1 Å². The molecule has 0 aliphatic heterocycles. The number of rotatable bonds is 6. The van der Waals surface area contributed by atoms with Crippen molar-refractivity contribution in [2.45, 2.75) is 12.0 Å². The van der Waals surface area contributed by atoms with Crippen molar-refractivity contribution in [2.24, 2.45) is 0 Å². The predicted octanol–water partition coefficient (Wildman–Crippen LogP) is 2.66. The molecular formula is C21H22O2Si2. The quantitative estimate of drug-likeness (QED) is 0.632. The van der Waals surface area contributed by atoms with E-state index >= 15 is 0 Å². The number of hydrogen-bond acceptors (Lipinski definition) is 2. The van der Waals surface area contributed by atoms with Gasteiger partial charge in [-0.2, -0.15) is 0 Å². The second-order valence-corrected chi connectivity index (χ2v) is 9.71. The van der Waals surface area contributed by atoms with Gasteiger partial charge >= 0.3 is 8.56 Å². The summed E-state index contributed by atoms with van der Waals surface area (Å²) >= 11 is 0. The highest BCUT2D eigenvalue weighted by Crippen LogP contribution is 2.30. The Balaban J connectivity index is 1.99. The average Bonchev–Trinajstić information content (AvgIpc) is 2.63. The molecule has 2 atom stereocenters. The van der Waals surface area contributed by atoms with Crippen LogP contribution in [0.1, 0.15) is 6.42 Å². The topological polar surface area (TPSA) is 29.5 Å². The second-order valence-electron chi connectivity index (χ2n) is 6.10. The smallest absolute Gasteiger partial charge is 0.442 e. The van der Waals surface area contributed by atoms with Gasteiger partial charge in [-0.1, -0.05) is 78.0 Å². The van der Waals surface area contributed by atoms with Gasteiger partial charge in [-0.25, -0.2) is 0 Å². The molecule has 2 aromatic carbocycles. The van der Waals surface area contributed by atoms with Crippen LogP contribution in [0.4, 0.5) is 0 Å². The number of para-hydroxylation sites is 1. The normalized spacial score (nSPS) is 19.0. The van der Waals surface area contributed by atoms with Gasteiger partial charge in [0.2, 0.25) is 0 Å². The summed E-state index contributed by atoms with van der Waals surface area (Å²) in [5.41, 5.74) is 1.09. The highest BCUT2D eigenvalue weighted by molar-refractivity contribution is 6.87. The van der Waals surface area contributed by atoms with Gasteiger partial charge in [0.25, 0.3) is 0 Å². The van der Waals surface area contributed by atoms with Crippen molar-refractivity contribution in [1.82, 2.24) is 0 Å². The minimum Gasteiger partial charge on any atom is -0.517 e. The molecule has 1 aliphatic carbocycles. The number of allylic oxidation sites excluding steroid dienone is 5. The lowest BCUT2D eigenvalue weighted by atomic mass is 10.0. The molecule has 126 valence electrons. The van der Waals surface area contributed by atoms with Gasteiger partial charge in [-0.3, -0.25) is 0 Å². The summed E-state index contributed by atoms with van der Waals surface area (Å²) in [5.74, 6) is 0.700. The summed E-state index contributed by atoms with van der Waals surface area (Å²) in [6.07, 6.45) is 9.05. The fraction of sp³-hybridized carbons (Fsp3) is 0.0952. The highest BCUT2D eigenvalue weighted by atomic mass is 28.4. The minimum atomic E-state index is -3.27. The molecule has 1 N–H and O–H groups in total. The van der Waals surface area contributed by atoms with E-state index in [1.54, 1.807) is 0 Å². The molecule has 0 bridgehead atoms. The van der Waals surface area contributed by atoms with E-state index in [-0.39, 0.29) is 5.54 Å². The lowest BCUT2D eigenvalue weighted by Crippen LogP contribution is -2.59. The van der Waals surface area contributed by atoms with Crippen LogP contribution in [-0.2, 0) is 0 Å². The fourth-order valence-electron chi connectivity index (χ4n) is 3.04. The first-order valence-electron chi connectivity index (χ1n) is 8.34. The van der Waals surface area contributed by atoms with Crippen molar-refractivity contribution in [1.29, 1.82) is 0 Å². The number of hydrogen-bond donors (Lipinski definition) is 1. The summed E-state index contributed by atoms with van der Waals surface area (Å²) < 4.78 is 6.27. The van der Waals surface area contributed by atoms with Crippen LogP contribution in [0, 0.1) is 0 Å². The molecule has 0 heterocycles. The largest absolute Gasteiger partial charge is 0.517 e.